The van der Waals surface area contributed by atoms with Gasteiger partial charge in [-0.3, -0.25) is 4.79 Å². The van der Waals surface area contributed by atoms with E-state index in [-0.39, 0.29) is 12.5 Å². The fraction of sp³-hybridized carbons (Fsp3) is 0.267. The molecule has 5 nitrogen and oxygen atoms in total. The van der Waals surface area contributed by atoms with Gasteiger partial charge in [0.05, 0.1) is 25.2 Å². The molecule has 6 heteroatoms. The van der Waals surface area contributed by atoms with Crippen LogP contribution < -0.4 is 14.8 Å². The number of ether oxygens (including phenoxy) is 2. The summed E-state index contributed by atoms with van der Waals surface area (Å²) in [5.74, 6) is 0.944. The van der Waals surface area contributed by atoms with Crippen LogP contribution in [0.2, 0.25) is 0 Å². The van der Waals surface area contributed by atoms with Gasteiger partial charge < -0.3 is 19.9 Å². The van der Waals surface area contributed by atoms with Crippen molar-refractivity contribution in [2.24, 2.45) is 0 Å². The van der Waals surface area contributed by atoms with Crippen molar-refractivity contribution in [3.8, 4) is 11.5 Å². The van der Waals surface area contributed by atoms with Crippen LogP contribution in [0.4, 0.5) is 0 Å². The van der Waals surface area contributed by atoms with Gasteiger partial charge in [-0.05, 0) is 29.1 Å². The molecule has 1 aromatic heterocycles. The van der Waals surface area contributed by atoms with Gasteiger partial charge in [-0.25, -0.2) is 0 Å². The lowest BCUT2D eigenvalue weighted by atomic mass is 10.1. The molecule has 2 rings (SSSR count). The van der Waals surface area contributed by atoms with Gasteiger partial charge in [0.2, 0.25) is 0 Å². The van der Waals surface area contributed by atoms with Crippen LogP contribution in [0, 0.1) is 0 Å². The van der Waals surface area contributed by atoms with E-state index in [0.717, 1.165) is 0 Å². The number of aliphatic hydroxyl groups excluding tert-OH is 1. The molecule has 1 aromatic carbocycles. The molecule has 0 saturated carbocycles. The molecule has 0 radical (unpaired) electrons. The highest BCUT2D eigenvalue weighted by Gasteiger charge is 2.14. The molecule has 0 fully saturated rings. The smallest absolute Gasteiger partial charge is 0.261 e. The highest BCUT2D eigenvalue weighted by atomic mass is 32.1. The molecule has 0 aliphatic carbocycles. The summed E-state index contributed by atoms with van der Waals surface area (Å²) < 4.78 is 10.3. The first kappa shape index (κ1) is 15.3. The zero-order chi connectivity index (χ0) is 15.2. The third-order valence-corrected chi connectivity index (χ3v) is 3.86. The van der Waals surface area contributed by atoms with Gasteiger partial charge in [0.1, 0.15) is 0 Å². The second kappa shape index (κ2) is 7.10. The molecule has 1 amide bonds. The molecule has 0 bridgehead atoms. The Morgan fingerprint density at radius 2 is 2.05 bits per heavy atom. The number of methoxy groups -OCH3 is 2. The van der Waals surface area contributed by atoms with E-state index in [0.29, 0.717) is 21.9 Å². The second-order valence-corrected chi connectivity index (χ2v) is 5.27. The number of rotatable bonds is 6. The van der Waals surface area contributed by atoms with Crippen molar-refractivity contribution in [1.82, 2.24) is 5.32 Å². The monoisotopic (exact) mass is 307 g/mol. The summed E-state index contributed by atoms with van der Waals surface area (Å²) in [7, 11) is 3.09. The Kier molecular flexibility index (Phi) is 5.19. The van der Waals surface area contributed by atoms with E-state index in [2.05, 4.69) is 5.32 Å². The summed E-state index contributed by atoms with van der Waals surface area (Å²) in [4.78, 5) is 12.4. The van der Waals surface area contributed by atoms with E-state index in [9.17, 15) is 9.90 Å². The van der Waals surface area contributed by atoms with Crippen LogP contribution in [0.25, 0.3) is 0 Å². The fourth-order valence-electron chi connectivity index (χ4n) is 1.86. The van der Waals surface area contributed by atoms with E-state index < -0.39 is 6.10 Å². The maximum atomic E-state index is 11.8. The minimum Gasteiger partial charge on any atom is -0.493 e. The zero-order valence-corrected chi connectivity index (χ0v) is 12.6. The van der Waals surface area contributed by atoms with Gasteiger partial charge in [0.15, 0.2) is 11.5 Å². The number of amides is 1. The number of carbonyl (C=O) groups excluding carboxylic acids is 1. The van der Waals surface area contributed by atoms with E-state index in [1.165, 1.54) is 18.4 Å². The normalized spacial score (nSPS) is 11.8. The molecule has 0 spiro atoms. The molecular formula is C15H17NO4S. The van der Waals surface area contributed by atoms with Crippen LogP contribution in [0.5, 0.6) is 11.5 Å². The average Bonchev–Trinajstić information content (AvgIpc) is 3.06. The predicted octanol–water partition coefficient (Wildman–Crippen LogP) is 2.23. The summed E-state index contributed by atoms with van der Waals surface area (Å²) in [6.07, 6.45) is -0.811. The third kappa shape index (κ3) is 3.74. The van der Waals surface area contributed by atoms with E-state index in [4.69, 9.17) is 9.47 Å². The largest absolute Gasteiger partial charge is 0.493 e. The molecule has 0 aliphatic rings. The molecule has 1 atom stereocenters. The highest BCUT2D eigenvalue weighted by molar-refractivity contribution is 7.12. The Bertz CT molecular complexity index is 598. The SMILES string of the molecule is COc1ccc(C(O)CNC(=O)c2cccs2)cc1OC. The van der Waals surface area contributed by atoms with Gasteiger partial charge in [-0.15, -0.1) is 11.3 Å². The summed E-state index contributed by atoms with van der Waals surface area (Å²) in [6.45, 7) is 0.131. The molecule has 112 valence electrons. The fourth-order valence-corrected chi connectivity index (χ4v) is 2.50. The average molecular weight is 307 g/mol. The van der Waals surface area contributed by atoms with Gasteiger partial charge in [-0.2, -0.15) is 0 Å². The number of hydrogen-bond acceptors (Lipinski definition) is 5. The van der Waals surface area contributed by atoms with Crippen molar-refractivity contribution >= 4 is 17.2 Å². The predicted molar refractivity (Wildman–Crippen MR) is 81.2 cm³/mol. The van der Waals surface area contributed by atoms with E-state index in [1.807, 2.05) is 11.4 Å². The number of carbonyl (C=O) groups is 1. The Hall–Kier alpha value is -2.05. The molecule has 2 aromatic rings. The van der Waals surface area contributed by atoms with Crippen LogP contribution in [-0.2, 0) is 0 Å². The Balaban J connectivity index is 2.00. The number of aliphatic hydroxyl groups is 1. The van der Waals surface area contributed by atoms with Crippen LogP contribution in [0.1, 0.15) is 21.3 Å². The van der Waals surface area contributed by atoms with E-state index >= 15 is 0 Å². The van der Waals surface area contributed by atoms with Gasteiger partial charge in [0.25, 0.3) is 5.91 Å². The Morgan fingerprint density at radius 1 is 1.29 bits per heavy atom. The second-order valence-electron chi connectivity index (χ2n) is 4.32. The summed E-state index contributed by atoms with van der Waals surface area (Å²) >= 11 is 1.36. The maximum Gasteiger partial charge on any atom is 0.261 e. The van der Waals surface area contributed by atoms with Gasteiger partial charge >= 0.3 is 0 Å². The van der Waals surface area contributed by atoms with Crippen molar-refractivity contribution in [2.45, 2.75) is 6.10 Å². The van der Waals surface area contributed by atoms with Crippen LogP contribution in [-0.4, -0.2) is 31.8 Å². The Morgan fingerprint density at radius 3 is 2.67 bits per heavy atom. The van der Waals surface area contributed by atoms with Crippen molar-refractivity contribution in [1.29, 1.82) is 0 Å². The highest BCUT2D eigenvalue weighted by Crippen LogP contribution is 2.29. The minimum atomic E-state index is -0.811. The van der Waals surface area contributed by atoms with Crippen molar-refractivity contribution in [3.05, 3.63) is 46.2 Å². The number of thiophene rings is 1. The van der Waals surface area contributed by atoms with Gasteiger partial charge in [-0.1, -0.05) is 12.1 Å². The molecule has 21 heavy (non-hydrogen) atoms. The van der Waals surface area contributed by atoms with Crippen molar-refractivity contribution in [2.75, 3.05) is 20.8 Å². The standard InChI is InChI=1S/C15H17NO4S/c1-19-12-6-5-10(8-13(12)20-2)11(17)9-16-15(18)14-4-3-7-21-14/h3-8,11,17H,9H2,1-2H3,(H,16,18). The van der Waals surface area contributed by atoms with Crippen LogP contribution in [0.15, 0.2) is 35.7 Å². The first-order valence-electron chi connectivity index (χ1n) is 6.37. The topological polar surface area (TPSA) is 67.8 Å². The lowest BCUT2D eigenvalue weighted by Gasteiger charge is -2.14. The third-order valence-electron chi connectivity index (χ3n) is 2.99. The number of nitrogens with one attached hydrogen (secondary N) is 1. The quantitative estimate of drug-likeness (QED) is 0.859. The van der Waals surface area contributed by atoms with Gasteiger partial charge in [0, 0.05) is 6.54 Å². The minimum absolute atomic E-state index is 0.131. The van der Waals surface area contributed by atoms with Crippen LogP contribution >= 0.6 is 11.3 Å². The Labute approximate surface area is 127 Å². The number of benzene rings is 1. The maximum absolute atomic E-state index is 11.8. The molecule has 0 saturated heterocycles. The summed E-state index contributed by atoms with van der Waals surface area (Å²) in [5, 5.41) is 14.7. The first-order valence-corrected chi connectivity index (χ1v) is 7.25. The lowest BCUT2D eigenvalue weighted by Crippen LogP contribution is -2.27. The molecule has 0 aliphatic heterocycles. The number of hydrogen-bond donors (Lipinski definition) is 2. The first-order chi connectivity index (χ1) is 10.2. The van der Waals surface area contributed by atoms with Crippen molar-refractivity contribution < 1.29 is 19.4 Å². The van der Waals surface area contributed by atoms with Crippen LogP contribution in [0.3, 0.4) is 0 Å². The van der Waals surface area contributed by atoms with E-state index in [1.54, 1.807) is 31.4 Å². The lowest BCUT2D eigenvalue weighted by molar-refractivity contribution is 0.0920. The summed E-state index contributed by atoms with van der Waals surface area (Å²) in [6, 6.07) is 8.70. The summed E-state index contributed by atoms with van der Waals surface area (Å²) in [5.41, 5.74) is 0.652. The zero-order valence-electron chi connectivity index (χ0n) is 11.8. The van der Waals surface area contributed by atoms with Crippen molar-refractivity contribution in [3.63, 3.8) is 0 Å². The molecule has 1 heterocycles. The molecular weight excluding hydrogens is 290 g/mol. The molecule has 2 N–H and O–H groups in total. The molecule has 1 unspecified atom stereocenters.